The number of aromatic nitrogens is 2. The fourth-order valence-electron chi connectivity index (χ4n) is 10.7. The van der Waals surface area contributed by atoms with Gasteiger partial charge < -0.3 is 19.7 Å². The molecule has 2 bridgehead atoms. The average molecular weight is 807 g/mol. The molecule has 5 aliphatic rings. The second-order valence-electron chi connectivity index (χ2n) is 17.6. The van der Waals surface area contributed by atoms with Gasteiger partial charge in [-0.2, -0.15) is 13.2 Å². The Morgan fingerprint density at radius 3 is 2.14 bits per heavy atom. The van der Waals surface area contributed by atoms with Crippen LogP contribution in [-0.2, 0) is 11.0 Å². The Bertz CT molecular complexity index is 1940. The van der Waals surface area contributed by atoms with Crippen molar-refractivity contribution in [2.45, 2.75) is 126 Å². The lowest BCUT2D eigenvalue weighted by Crippen LogP contribution is -2.60. The number of nitrogens with one attached hydrogen (secondary N) is 1. The van der Waals surface area contributed by atoms with Crippen molar-refractivity contribution < 1.29 is 50.2 Å². The van der Waals surface area contributed by atoms with Crippen LogP contribution in [0.4, 0.5) is 30.7 Å². The van der Waals surface area contributed by atoms with Gasteiger partial charge >= 0.3 is 12.1 Å². The summed E-state index contributed by atoms with van der Waals surface area (Å²) in [4.78, 5) is 30.5. The van der Waals surface area contributed by atoms with Gasteiger partial charge in [0.1, 0.15) is 5.75 Å². The second kappa shape index (κ2) is 15.4. The molecule has 1 saturated heterocycles. The first-order chi connectivity index (χ1) is 27.0. The molecule has 1 amide bonds. The second-order valence-corrected chi connectivity index (χ2v) is 17.6. The monoisotopic (exact) mass is 806 g/mol. The summed E-state index contributed by atoms with van der Waals surface area (Å²) in [5.74, 6) is -5.69. The van der Waals surface area contributed by atoms with Crippen LogP contribution in [0.15, 0.2) is 36.5 Å². The number of amides is 1. The van der Waals surface area contributed by atoms with Gasteiger partial charge in [-0.25, -0.2) is 22.5 Å². The number of benzene rings is 1. The van der Waals surface area contributed by atoms with Crippen molar-refractivity contribution in [1.29, 1.82) is 0 Å². The molecule has 2 unspecified atom stereocenters. The fraction of sp³-hybridized carbons (Fsp3) is 0.643. The van der Waals surface area contributed by atoms with Gasteiger partial charge in [-0.1, -0.05) is 0 Å². The van der Waals surface area contributed by atoms with E-state index in [1.807, 2.05) is 9.47 Å². The number of carbonyl (C=O) groups excluding carboxylic acids is 1. The number of carboxylic acid groups (broad SMARTS) is 1. The topological polar surface area (TPSA) is 96.7 Å². The average Bonchev–Trinajstić information content (AvgIpc) is 3.50. The summed E-state index contributed by atoms with van der Waals surface area (Å²) in [7, 11) is 0. The van der Waals surface area contributed by atoms with E-state index in [9.17, 15) is 45.4 Å². The molecule has 3 aromatic rings. The lowest BCUT2D eigenvalue weighted by atomic mass is 9.64. The highest BCUT2D eigenvalue weighted by Gasteiger charge is 2.47. The molecule has 5 fully saturated rings. The SMILES string of the molecule is O=C(O)CC1CC2CC(CNC(=O)c3ccc(-c4cn(C5CCC(F)(F)CC5)c5cc(O[C@H]6CC[C@@H](N7CC(F)(F)C7)CC6)ccc45)nc3C(F)(F)F)CC(C1)C2. The number of aliphatic carboxylic acids is 1. The van der Waals surface area contributed by atoms with Gasteiger partial charge in [-0.3, -0.25) is 14.5 Å². The Morgan fingerprint density at radius 1 is 0.842 bits per heavy atom. The van der Waals surface area contributed by atoms with E-state index in [1.54, 1.807) is 24.4 Å². The predicted molar refractivity (Wildman–Crippen MR) is 197 cm³/mol. The summed E-state index contributed by atoms with van der Waals surface area (Å²) >= 11 is 0. The van der Waals surface area contributed by atoms with Crippen molar-refractivity contribution in [3.63, 3.8) is 0 Å². The standard InChI is InChI=1S/C42H49F7N4O4/c43-40(44)11-9-29(10-12-40)53-21-34(32-6-5-31(19-36(32)53)57-30-3-1-28(2-4-30)52-22-41(45,46)23-52)35-8-7-33(38(51-35)42(47,48)49)39(56)50-20-27-16-24-13-25(17-27)15-26(14-24)18-37(54)55/h5-8,19,21,24-30H,1-4,9-18,20,22-23H2,(H,50,56)(H,54,55)/t24?,25?,26?,27?,28-,30+. The minimum Gasteiger partial charge on any atom is -0.490 e. The van der Waals surface area contributed by atoms with Crippen molar-refractivity contribution in [1.82, 2.24) is 19.8 Å². The molecule has 4 aliphatic carbocycles. The largest absolute Gasteiger partial charge is 0.490 e. The molecular formula is C42H49F7N4O4. The van der Waals surface area contributed by atoms with E-state index >= 15 is 0 Å². The first-order valence-electron chi connectivity index (χ1n) is 20.4. The highest BCUT2D eigenvalue weighted by molar-refractivity contribution is 5.98. The van der Waals surface area contributed by atoms with Crippen LogP contribution in [0.25, 0.3) is 22.2 Å². The molecule has 57 heavy (non-hydrogen) atoms. The number of carbonyl (C=O) groups is 2. The van der Waals surface area contributed by atoms with Crippen LogP contribution in [-0.4, -0.2) is 75.1 Å². The molecule has 15 heteroatoms. The normalized spacial score (nSPS) is 29.1. The molecule has 8 nitrogen and oxygen atoms in total. The number of carboxylic acids is 1. The van der Waals surface area contributed by atoms with Crippen molar-refractivity contribution in [2.24, 2.45) is 23.7 Å². The van der Waals surface area contributed by atoms with Gasteiger partial charge in [0, 0.05) is 61.1 Å². The van der Waals surface area contributed by atoms with E-state index in [1.165, 1.54) is 6.07 Å². The Kier molecular flexibility index (Phi) is 10.8. The minimum absolute atomic E-state index is 0.0108. The van der Waals surface area contributed by atoms with E-state index in [0.29, 0.717) is 46.9 Å². The Hall–Kier alpha value is -3.88. The molecule has 8 rings (SSSR count). The summed E-state index contributed by atoms with van der Waals surface area (Å²) in [5, 5.41) is 12.5. The summed E-state index contributed by atoms with van der Waals surface area (Å²) in [6, 6.07) is 7.53. The first kappa shape index (κ1) is 39.9. The molecule has 0 radical (unpaired) electrons. The van der Waals surface area contributed by atoms with Gasteiger partial charge in [0.25, 0.3) is 11.8 Å². The lowest BCUT2D eigenvalue weighted by Gasteiger charge is -2.46. The molecule has 1 aliphatic heterocycles. The zero-order valence-electron chi connectivity index (χ0n) is 31.7. The number of alkyl halides is 7. The van der Waals surface area contributed by atoms with Crippen LogP contribution >= 0.6 is 0 Å². The van der Waals surface area contributed by atoms with Gasteiger partial charge in [0.15, 0.2) is 5.69 Å². The maximum Gasteiger partial charge on any atom is 0.434 e. The smallest absolute Gasteiger partial charge is 0.434 e. The number of likely N-dealkylation sites (tertiary alicyclic amines) is 1. The molecule has 0 spiro atoms. The third kappa shape index (κ3) is 8.92. The molecule has 4 saturated carbocycles. The summed E-state index contributed by atoms with van der Waals surface area (Å²) in [5.41, 5.74) is -0.935. The number of halogens is 7. The Morgan fingerprint density at radius 2 is 1.51 bits per heavy atom. The molecule has 2 atom stereocenters. The lowest BCUT2D eigenvalue weighted by molar-refractivity contribution is -0.151. The van der Waals surface area contributed by atoms with E-state index < -0.39 is 41.2 Å². The maximum absolute atomic E-state index is 14.7. The number of nitrogens with zero attached hydrogens (tertiary/aromatic N) is 3. The van der Waals surface area contributed by atoms with Crippen molar-refractivity contribution in [2.75, 3.05) is 19.6 Å². The number of hydrogen-bond donors (Lipinski definition) is 2. The van der Waals surface area contributed by atoms with Crippen molar-refractivity contribution in [3.8, 4) is 17.0 Å². The summed E-state index contributed by atoms with van der Waals surface area (Å²) < 4.78 is 107. The molecule has 310 valence electrons. The van der Waals surface area contributed by atoms with Crippen molar-refractivity contribution in [3.05, 3.63) is 47.8 Å². The van der Waals surface area contributed by atoms with Gasteiger partial charge in [-0.15, -0.1) is 0 Å². The predicted octanol–water partition coefficient (Wildman–Crippen LogP) is 9.76. The highest BCUT2D eigenvalue weighted by atomic mass is 19.4. The quantitative estimate of drug-likeness (QED) is 0.198. The molecule has 1 aromatic carbocycles. The third-order valence-electron chi connectivity index (χ3n) is 13.2. The Labute approximate surface area is 326 Å². The molecule has 2 aromatic heterocycles. The maximum atomic E-state index is 14.7. The van der Waals surface area contributed by atoms with Crippen LogP contribution < -0.4 is 10.1 Å². The summed E-state index contributed by atoms with van der Waals surface area (Å²) in [6.45, 7) is -0.225. The van der Waals surface area contributed by atoms with Crippen molar-refractivity contribution >= 4 is 22.8 Å². The van der Waals surface area contributed by atoms with E-state index in [0.717, 1.165) is 51.0 Å². The fourth-order valence-corrected chi connectivity index (χ4v) is 10.7. The zero-order chi connectivity index (χ0) is 40.3. The van der Waals surface area contributed by atoms with Crippen LogP contribution in [0, 0.1) is 23.7 Å². The van der Waals surface area contributed by atoms with Crippen LogP contribution in [0.5, 0.6) is 5.75 Å². The van der Waals surface area contributed by atoms with E-state index in [-0.39, 0.29) is 87.5 Å². The Balaban J connectivity index is 1.01. The molecular weight excluding hydrogens is 757 g/mol. The van der Waals surface area contributed by atoms with Gasteiger partial charge in [0.05, 0.1) is 36.0 Å². The third-order valence-corrected chi connectivity index (χ3v) is 13.2. The van der Waals surface area contributed by atoms with Gasteiger partial charge in [0.2, 0.25) is 5.92 Å². The van der Waals surface area contributed by atoms with Crippen LogP contribution in [0.1, 0.15) is 112 Å². The number of hydrogen-bond acceptors (Lipinski definition) is 5. The van der Waals surface area contributed by atoms with E-state index in [2.05, 4.69) is 10.3 Å². The number of ether oxygens (including phenoxy) is 1. The molecule has 2 N–H and O–H groups in total. The molecule has 3 heterocycles. The number of rotatable bonds is 10. The van der Waals surface area contributed by atoms with Crippen LogP contribution in [0.3, 0.4) is 0 Å². The number of fused-ring (bicyclic) bond motifs is 3. The zero-order valence-corrected chi connectivity index (χ0v) is 31.7. The highest BCUT2D eigenvalue weighted by Crippen LogP contribution is 2.47. The number of pyridine rings is 1. The minimum atomic E-state index is -4.95. The summed E-state index contributed by atoms with van der Waals surface area (Å²) in [6.07, 6.45) is 3.41. The first-order valence-corrected chi connectivity index (χ1v) is 20.4. The van der Waals surface area contributed by atoms with Gasteiger partial charge in [-0.05, 0) is 119 Å². The van der Waals surface area contributed by atoms with E-state index in [4.69, 9.17) is 4.74 Å². The van der Waals surface area contributed by atoms with Crippen LogP contribution in [0.2, 0.25) is 0 Å².